The first-order valence-corrected chi connectivity index (χ1v) is 13.5. The maximum Gasteiger partial charge on any atom is 0.266 e. The van der Waals surface area contributed by atoms with Gasteiger partial charge in [0.25, 0.3) is 10.0 Å². The summed E-state index contributed by atoms with van der Waals surface area (Å²) < 4.78 is 29.5. The number of aryl methyl sites for hydroxylation is 2. The molecule has 7 heteroatoms. The molecule has 2 aliphatic rings. The summed E-state index contributed by atoms with van der Waals surface area (Å²) in [4.78, 5) is 30.3. The number of carbonyl (C=O) groups is 2. The van der Waals surface area contributed by atoms with Crippen LogP contribution in [0.3, 0.4) is 0 Å². The number of carbonyl (C=O) groups excluding carboxylic acids is 2. The van der Waals surface area contributed by atoms with Crippen molar-refractivity contribution in [2.45, 2.75) is 38.6 Å². The van der Waals surface area contributed by atoms with Crippen molar-refractivity contribution in [3.8, 4) is 0 Å². The average molecular weight is 501 g/mol. The third kappa shape index (κ3) is 3.41. The first-order chi connectivity index (χ1) is 17.2. The lowest BCUT2D eigenvalue weighted by molar-refractivity contribution is 0.0873. The second-order valence-electron chi connectivity index (χ2n) is 9.17. The molecule has 3 aromatic rings. The predicted octanol–water partition coefficient (Wildman–Crippen LogP) is 5.14. The zero-order valence-electron chi connectivity index (χ0n) is 20.8. The summed E-state index contributed by atoms with van der Waals surface area (Å²) in [7, 11) is -4.22. The van der Waals surface area contributed by atoms with Crippen LogP contribution < -0.4 is 0 Å². The summed E-state index contributed by atoms with van der Waals surface area (Å²) in [5, 5.41) is 0. The fourth-order valence-corrected chi connectivity index (χ4v) is 7.16. The van der Waals surface area contributed by atoms with Gasteiger partial charge >= 0.3 is 0 Å². The molecule has 1 unspecified atom stereocenters. The Morgan fingerprint density at radius 1 is 0.917 bits per heavy atom. The first kappa shape index (κ1) is 24.0. The molecule has 0 aliphatic carbocycles. The number of fused-ring (bicyclic) bond motifs is 3. The summed E-state index contributed by atoms with van der Waals surface area (Å²) in [6.07, 6.45) is 0. The van der Waals surface area contributed by atoms with Crippen LogP contribution in [0.5, 0.6) is 0 Å². The Morgan fingerprint density at radius 2 is 1.56 bits per heavy atom. The van der Waals surface area contributed by atoms with Crippen LogP contribution >= 0.6 is 0 Å². The van der Waals surface area contributed by atoms with Crippen molar-refractivity contribution in [3.63, 3.8) is 0 Å². The number of hydrogen-bond acceptors (Lipinski definition) is 5. The number of nitrogens with zero attached hydrogens (tertiary/aromatic N) is 2. The molecule has 5 rings (SSSR count). The fourth-order valence-electron chi connectivity index (χ4n) is 5.36. The van der Waals surface area contributed by atoms with Crippen LogP contribution in [-0.2, 0) is 10.0 Å². The van der Waals surface area contributed by atoms with Gasteiger partial charge in [-0.2, -0.15) is 0 Å². The van der Waals surface area contributed by atoms with E-state index in [1.807, 2.05) is 44.7 Å². The van der Waals surface area contributed by atoms with E-state index < -0.39 is 21.8 Å². The lowest BCUT2D eigenvalue weighted by atomic mass is 9.85. The van der Waals surface area contributed by atoms with Crippen molar-refractivity contribution in [1.29, 1.82) is 0 Å². The molecular formula is C29H28N2O4S. The Labute approximate surface area is 211 Å². The van der Waals surface area contributed by atoms with Crippen molar-refractivity contribution in [2.24, 2.45) is 0 Å². The molecule has 0 bridgehead atoms. The highest BCUT2D eigenvalue weighted by atomic mass is 32.2. The molecule has 36 heavy (non-hydrogen) atoms. The number of rotatable bonds is 5. The second kappa shape index (κ2) is 8.75. The Bertz CT molecular complexity index is 1550. The van der Waals surface area contributed by atoms with Gasteiger partial charge in [0.1, 0.15) is 11.7 Å². The number of hydrogen-bond donors (Lipinski definition) is 0. The molecule has 0 amide bonds. The summed E-state index contributed by atoms with van der Waals surface area (Å²) in [6, 6.07) is 17.9. The molecule has 1 atom stereocenters. The van der Waals surface area contributed by atoms with Crippen LogP contribution in [0, 0.1) is 13.8 Å². The van der Waals surface area contributed by atoms with Crippen molar-refractivity contribution in [3.05, 3.63) is 106 Å². The number of Topliss-reactive ketones (excluding diaryl/α,β-unsaturated/α-hetero) is 2. The lowest BCUT2D eigenvalue weighted by Gasteiger charge is -2.43. The van der Waals surface area contributed by atoms with Crippen LogP contribution in [0.1, 0.15) is 62.9 Å². The molecule has 0 N–H and O–H groups in total. The van der Waals surface area contributed by atoms with E-state index in [0.29, 0.717) is 41.0 Å². The van der Waals surface area contributed by atoms with E-state index in [9.17, 15) is 18.0 Å². The monoisotopic (exact) mass is 500 g/mol. The molecule has 0 spiro atoms. The minimum absolute atomic E-state index is 0.0409. The molecule has 3 aromatic carbocycles. The molecule has 0 fully saturated rings. The Morgan fingerprint density at radius 3 is 2.22 bits per heavy atom. The lowest BCUT2D eigenvalue weighted by Crippen LogP contribution is -2.48. The van der Waals surface area contributed by atoms with Gasteiger partial charge in [0.15, 0.2) is 5.78 Å². The van der Waals surface area contributed by atoms with Crippen LogP contribution in [-0.4, -0.2) is 42.3 Å². The van der Waals surface area contributed by atoms with E-state index in [0.717, 1.165) is 15.4 Å². The molecule has 0 saturated carbocycles. The van der Waals surface area contributed by atoms with Crippen LogP contribution in [0.15, 0.2) is 77.3 Å². The highest BCUT2D eigenvalue weighted by Gasteiger charge is 2.51. The topological polar surface area (TPSA) is 74.8 Å². The molecule has 2 aliphatic heterocycles. The third-order valence-corrected chi connectivity index (χ3v) is 8.87. The highest BCUT2D eigenvalue weighted by Crippen LogP contribution is 2.48. The first-order valence-electron chi connectivity index (χ1n) is 12.1. The van der Waals surface area contributed by atoms with Gasteiger partial charge in [-0.15, -0.1) is 0 Å². The number of benzene rings is 3. The standard InChI is InChI=1S/C29H28N2O4S/c1-5-30(6-2)25-23-13-9-10-14-24(23)36(34,35)31-26(28(32)20-16-15-18(3)17-19(20)4)21-11-7-8-12-22(21)29(33)27(25)31/h7-17,26H,5-6H2,1-4H3. The molecule has 0 saturated heterocycles. The quantitative estimate of drug-likeness (QED) is 0.454. The Balaban J connectivity index is 1.89. The largest absolute Gasteiger partial charge is 0.370 e. The van der Waals surface area contributed by atoms with Gasteiger partial charge in [-0.1, -0.05) is 66.2 Å². The zero-order chi connectivity index (χ0) is 25.8. The van der Waals surface area contributed by atoms with Gasteiger partial charge in [-0.05, 0) is 44.9 Å². The summed E-state index contributed by atoms with van der Waals surface area (Å²) in [6.45, 7) is 8.86. The van der Waals surface area contributed by atoms with Gasteiger partial charge < -0.3 is 4.90 Å². The van der Waals surface area contributed by atoms with Gasteiger partial charge in [0.05, 0.1) is 10.6 Å². The fraction of sp³-hybridized carbons (Fsp3) is 0.241. The van der Waals surface area contributed by atoms with E-state index >= 15 is 0 Å². The molecule has 0 aromatic heterocycles. The summed E-state index contributed by atoms with van der Waals surface area (Å²) in [5.74, 6) is -0.748. The molecule has 0 radical (unpaired) electrons. The average Bonchev–Trinajstić information content (AvgIpc) is 2.87. The van der Waals surface area contributed by atoms with Crippen molar-refractivity contribution < 1.29 is 18.0 Å². The van der Waals surface area contributed by atoms with E-state index in [2.05, 4.69) is 0 Å². The Kier molecular flexibility index (Phi) is 5.83. The van der Waals surface area contributed by atoms with E-state index in [1.54, 1.807) is 54.6 Å². The molecular weight excluding hydrogens is 472 g/mol. The van der Waals surface area contributed by atoms with E-state index in [1.165, 1.54) is 0 Å². The van der Waals surface area contributed by atoms with Gasteiger partial charge in [0, 0.05) is 29.8 Å². The molecule has 6 nitrogen and oxygen atoms in total. The minimum Gasteiger partial charge on any atom is -0.370 e. The third-order valence-electron chi connectivity index (χ3n) is 7.05. The van der Waals surface area contributed by atoms with Crippen molar-refractivity contribution in [1.82, 2.24) is 9.21 Å². The van der Waals surface area contributed by atoms with Crippen LogP contribution in [0.25, 0.3) is 5.70 Å². The predicted molar refractivity (Wildman–Crippen MR) is 139 cm³/mol. The van der Waals surface area contributed by atoms with Crippen LogP contribution in [0.2, 0.25) is 0 Å². The molecule has 2 heterocycles. The summed E-state index contributed by atoms with van der Waals surface area (Å²) >= 11 is 0. The minimum atomic E-state index is -4.22. The highest BCUT2D eigenvalue weighted by molar-refractivity contribution is 7.89. The van der Waals surface area contributed by atoms with E-state index in [-0.39, 0.29) is 16.4 Å². The van der Waals surface area contributed by atoms with Gasteiger partial charge in [-0.3, -0.25) is 9.59 Å². The maximum absolute atomic E-state index is 14.2. The normalized spacial score (nSPS) is 17.8. The van der Waals surface area contributed by atoms with Gasteiger partial charge in [0.2, 0.25) is 5.78 Å². The van der Waals surface area contributed by atoms with Crippen LogP contribution in [0.4, 0.5) is 0 Å². The number of ketones is 2. The zero-order valence-corrected chi connectivity index (χ0v) is 21.6. The molecule has 184 valence electrons. The second-order valence-corrected chi connectivity index (χ2v) is 11.0. The summed E-state index contributed by atoms with van der Waals surface area (Å²) in [5.41, 5.74) is 4.03. The number of allylic oxidation sites excluding steroid dienone is 1. The Hall–Kier alpha value is -3.71. The number of sulfonamides is 1. The van der Waals surface area contributed by atoms with E-state index in [4.69, 9.17) is 0 Å². The SMILES string of the molecule is CCN(CC)C1=C2C(=O)c3ccccc3C(C(=O)c3ccc(C)cc3C)N2S(=O)(=O)c2ccccc21. The maximum atomic E-state index is 14.2. The van der Waals surface area contributed by atoms with Crippen molar-refractivity contribution >= 4 is 27.3 Å². The van der Waals surface area contributed by atoms with Gasteiger partial charge in [-0.25, -0.2) is 12.7 Å². The smallest absolute Gasteiger partial charge is 0.266 e. The van der Waals surface area contributed by atoms with Crippen molar-refractivity contribution in [2.75, 3.05) is 13.1 Å².